The van der Waals surface area contributed by atoms with Crippen molar-refractivity contribution >= 4 is 11.9 Å². The summed E-state index contributed by atoms with van der Waals surface area (Å²) in [6.07, 6.45) is 6.46. The van der Waals surface area contributed by atoms with Crippen molar-refractivity contribution in [2.45, 2.75) is 64.6 Å². The summed E-state index contributed by atoms with van der Waals surface area (Å²) in [7, 11) is 1.81. The minimum absolute atomic E-state index is 0.0265. The van der Waals surface area contributed by atoms with E-state index in [4.69, 9.17) is 9.47 Å². The highest BCUT2D eigenvalue weighted by molar-refractivity contribution is 5.80. The van der Waals surface area contributed by atoms with E-state index < -0.39 is 0 Å². The molecule has 7 heteroatoms. The molecule has 2 atom stereocenters. The quantitative estimate of drug-likeness (QED) is 0.426. The SMILES string of the molecule is CCNC(=O)COc1cccc(CNC(=NC)NC2CC(OCC)C23CCCC3)c1. The minimum atomic E-state index is -0.114. The largest absolute Gasteiger partial charge is 0.484 e. The van der Waals surface area contributed by atoms with Gasteiger partial charge in [-0.3, -0.25) is 9.79 Å². The van der Waals surface area contributed by atoms with Crippen LogP contribution in [0.1, 0.15) is 51.5 Å². The zero-order valence-electron chi connectivity index (χ0n) is 18.5. The molecular formula is C23H36N4O3. The van der Waals surface area contributed by atoms with Crippen LogP contribution < -0.4 is 20.7 Å². The fourth-order valence-electron chi connectivity index (χ4n) is 4.78. The molecule has 1 amide bonds. The molecule has 1 spiro atoms. The van der Waals surface area contributed by atoms with Crippen LogP contribution >= 0.6 is 0 Å². The van der Waals surface area contributed by atoms with Crippen molar-refractivity contribution in [3.05, 3.63) is 29.8 Å². The number of guanidine groups is 1. The van der Waals surface area contributed by atoms with Crippen molar-refractivity contribution in [1.82, 2.24) is 16.0 Å². The van der Waals surface area contributed by atoms with Crippen molar-refractivity contribution in [2.24, 2.45) is 10.4 Å². The number of amides is 1. The Morgan fingerprint density at radius 2 is 2.03 bits per heavy atom. The van der Waals surface area contributed by atoms with Gasteiger partial charge in [-0.15, -0.1) is 0 Å². The second kappa shape index (κ2) is 10.7. The molecule has 2 aliphatic carbocycles. The molecule has 0 radical (unpaired) electrons. The Kier molecular flexibility index (Phi) is 7.96. The summed E-state index contributed by atoms with van der Waals surface area (Å²) in [5.74, 6) is 1.39. The first-order valence-electron chi connectivity index (χ1n) is 11.2. The van der Waals surface area contributed by atoms with E-state index >= 15 is 0 Å². The van der Waals surface area contributed by atoms with Gasteiger partial charge in [-0.2, -0.15) is 0 Å². The lowest BCUT2D eigenvalue weighted by Crippen LogP contribution is -2.65. The van der Waals surface area contributed by atoms with Gasteiger partial charge in [0, 0.05) is 38.2 Å². The number of hydrogen-bond donors (Lipinski definition) is 3. The van der Waals surface area contributed by atoms with E-state index in [1.54, 1.807) is 7.05 Å². The summed E-state index contributed by atoms with van der Waals surface area (Å²) in [6, 6.07) is 8.20. The number of aliphatic imine (C=N–C) groups is 1. The Labute approximate surface area is 180 Å². The molecule has 0 heterocycles. The summed E-state index contributed by atoms with van der Waals surface area (Å²) in [5, 5.41) is 9.78. The van der Waals surface area contributed by atoms with Gasteiger partial charge in [0.15, 0.2) is 12.6 Å². The van der Waals surface area contributed by atoms with Gasteiger partial charge in [0.1, 0.15) is 5.75 Å². The van der Waals surface area contributed by atoms with Gasteiger partial charge < -0.3 is 25.4 Å². The Bertz CT molecular complexity index is 731. The summed E-state index contributed by atoms with van der Waals surface area (Å²) >= 11 is 0. The van der Waals surface area contributed by atoms with Gasteiger partial charge in [-0.1, -0.05) is 25.0 Å². The number of nitrogens with zero attached hydrogens (tertiary/aromatic N) is 1. The maximum Gasteiger partial charge on any atom is 0.257 e. The van der Waals surface area contributed by atoms with E-state index in [-0.39, 0.29) is 17.9 Å². The predicted octanol–water partition coefficient (Wildman–Crippen LogP) is 2.60. The van der Waals surface area contributed by atoms with E-state index in [1.165, 1.54) is 25.7 Å². The molecule has 0 bridgehead atoms. The smallest absolute Gasteiger partial charge is 0.257 e. The third-order valence-electron chi connectivity index (χ3n) is 6.32. The lowest BCUT2D eigenvalue weighted by Gasteiger charge is -2.54. The van der Waals surface area contributed by atoms with Crippen LogP contribution in [0.3, 0.4) is 0 Å². The van der Waals surface area contributed by atoms with E-state index in [0.29, 0.717) is 31.0 Å². The van der Waals surface area contributed by atoms with Crippen molar-refractivity contribution in [2.75, 3.05) is 26.8 Å². The first-order valence-corrected chi connectivity index (χ1v) is 11.2. The highest BCUT2D eigenvalue weighted by Crippen LogP contribution is 2.54. The monoisotopic (exact) mass is 416 g/mol. The van der Waals surface area contributed by atoms with Crippen molar-refractivity contribution in [3.8, 4) is 5.75 Å². The molecular weight excluding hydrogens is 380 g/mol. The highest BCUT2D eigenvalue weighted by Gasteiger charge is 2.56. The van der Waals surface area contributed by atoms with E-state index in [1.807, 2.05) is 31.2 Å². The molecule has 0 aliphatic heterocycles. The number of carbonyl (C=O) groups is 1. The number of nitrogens with one attached hydrogen (secondary N) is 3. The standard InChI is InChI=1S/C23H36N4O3/c1-4-25-21(28)16-30-18-10-8-9-17(13-18)15-26-22(24-3)27-19-14-20(29-5-2)23(19)11-6-7-12-23/h8-10,13,19-20H,4-7,11-12,14-16H2,1-3H3,(H,25,28)(H2,24,26,27). The lowest BCUT2D eigenvalue weighted by atomic mass is 9.60. The maximum absolute atomic E-state index is 11.6. The number of likely N-dealkylation sites (N-methyl/N-ethyl adjacent to an activating group) is 1. The molecule has 0 aromatic heterocycles. The molecule has 3 rings (SSSR count). The van der Waals surface area contributed by atoms with Crippen molar-refractivity contribution in [3.63, 3.8) is 0 Å². The topological polar surface area (TPSA) is 84.0 Å². The van der Waals surface area contributed by atoms with E-state index in [2.05, 4.69) is 27.9 Å². The van der Waals surface area contributed by atoms with Gasteiger partial charge >= 0.3 is 0 Å². The number of ether oxygens (including phenoxy) is 2. The van der Waals surface area contributed by atoms with Crippen LogP contribution in [0.25, 0.3) is 0 Å². The molecule has 166 valence electrons. The highest BCUT2D eigenvalue weighted by atomic mass is 16.5. The van der Waals surface area contributed by atoms with E-state index in [9.17, 15) is 4.79 Å². The summed E-state index contributed by atoms with van der Waals surface area (Å²) in [5.41, 5.74) is 1.34. The molecule has 2 unspecified atom stereocenters. The molecule has 3 N–H and O–H groups in total. The average Bonchev–Trinajstić information content (AvgIpc) is 3.27. The van der Waals surface area contributed by atoms with E-state index in [0.717, 1.165) is 24.6 Å². The van der Waals surface area contributed by atoms with Crippen LogP contribution in [-0.4, -0.2) is 50.8 Å². The normalized spacial score (nSPS) is 22.4. The fourth-order valence-corrected chi connectivity index (χ4v) is 4.78. The number of hydrogen-bond acceptors (Lipinski definition) is 4. The number of rotatable bonds is 9. The number of benzene rings is 1. The van der Waals surface area contributed by atoms with Gasteiger partial charge in [-0.05, 0) is 50.8 Å². The molecule has 0 saturated heterocycles. The second-order valence-corrected chi connectivity index (χ2v) is 8.13. The second-order valence-electron chi connectivity index (χ2n) is 8.13. The zero-order valence-corrected chi connectivity index (χ0v) is 18.5. The van der Waals surface area contributed by atoms with Crippen LogP contribution in [0.5, 0.6) is 5.75 Å². The van der Waals surface area contributed by atoms with Crippen LogP contribution in [0.2, 0.25) is 0 Å². The molecule has 2 aliphatic rings. The van der Waals surface area contributed by atoms with Crippen LogP contribution in [-0.2, 0) is 16.1 Å². The molecule has 2 saturated carbocycles. The maximum atomic E-state index is 11.6. The first kappa shape index (κ1) is 22.4. The van der Waals surface area contributed by atoms with Gasteiger partial charge in [0.05, 0.1) is 6.10 Å². The molecule has 1 aromatic rings. The first-order chi connectivity index (χ1) is 14.6. The summed E-state index contributed by atoms with van der Waals surface area (Å²) in [4.78, 5) is 16.0. The Hall–Kier alpha value is -2.28. The molecule has 2 fully saturated rings. The predicted molar refractivity (Wildman–Crippen MR) is 119 cm³/mol. The zero-order chi connectivity index (χ0) is 21.4. The van der Waals surface area contributed by atoms with Gasteiger partial charge in [-0.25, -0.2) is 0 Å². The van der Waals surface area contributed by atoms with Crippen molar-refractivity contribution < 1.29 is 14.3 Å². The Morgan fingerprint density at radius 1 is 1.23 bits per heavy atom. The van der Waals surface area contributed by atoms with Crippen LogP contribution in [0.4, 0.5) is 0 Å². The molecule has 7 nitrogen and oxygen atoms in total. The third kappa shape index (κ3) is 5.25. The average molecular weight is 417 g/mol. The molecule has 30 heavy (non-hydrogen) atoms. The summed E-state index contributed by atoms with van der Waals surface area (Å²) < 4.78 is 11.6. The molecule has 1 aromatic carbocycles. The lowest BCUT2D eigenvalue weighted by molar-refractivity contribution is -0.125. The minimum Gasteiger partial charge on any atom is -0.484 e. The van der Waals surface area contributed by atoms with Gasteiger partial charge in [0.2, 0.25) is 0 Å². The van der Waals surface area contributed by atoms with Crippen LogP contribution in [0.15, 0.2) is 29.3 Å². The van der Waals surface area contributed by atoms with Crippen molar-refractivity contribution in [1.29, 1.82) is 0 Å². The third-order valence-corrected chi connectivity index (χ3v) is 6.32. The number of carbonyl (C=O) groups excluding carboxylic acids is 1. The summed E-state index contributed by atoms with van der Waals surface area (Å²) in [6.45, 7) is 6.01. The van der Waals surface area contributed by atoms with Crippen LogP contribution in [0, 0.1) is 5.41 Å². The Balaban J connectivity index is 1.51. The van der Waals surface area contributed by atoms with Gasteiger partial charge in [0.25, 0.3) is 5.91 Å². The Morgan fingerprint density at radius 3 is 2.73 bits per heavy atom. The fraction of sp³-hybridized carbons (Fsp3) is 0.652.